The van der Waals surface area contributed by atoms with Crippen molar-refractivity contribution in [2.75, 3.05) is 20.3 Å². The first-order valence-corrected chi connectivity index (χ1v) is 14.6. The van der Waals surface area contributed by atoms with Crippen LogP contribution < -0.4 is 29.1 Å². The molecule has 0 fully saturated rings. The third-order valence-corrected chi connectivity index (χ3v) is 7.82. The number of hydrogen-bond donors (Lipinski definition) is 0. The predicted molar refractivity (Wildman–Crippen MR) is 162 cm³/mol. The number of benzene rings is 3. The van der Waals surface area contributed by atoms with Crippen LogP contribution in [0, 0.1) is 5.82 Å². The van der Waals surface area contributed by atoms with Crippen molar-refractivity contribution in [1.29, 1.82) is 0 Å². The van der Waals surface area contributed by atoms with Crippen LogP contribution in [-0.4, -0.2) is 30.9 Å². The zero-order valence-corrected chi connectivity index (χ0v) is 25.1. The van der Waals surface area contributed by atoms with Crippen LogP contribution in [0.2, 0.25) is 0 Å². The van der Waals surface area contributed by atoms with Crippen LogP contribution in [0.1, 0.15) is 43.5 Å². The van der Waals surface area contributed by atoms with Gasteiger partial charge < -0.3 is 18.9 Å². The van der Waals surface area contributed by atoms with Gasteiger partial charge in [0.05, 0.1) is 42.2 Å². The Morgan fingerprint density at radius 2 is 1.77 bits per heavy atom. The van der Waals surface area contributed by atoms with Gasteiger partial charge in [0.1, 0.15) is 18.2 Å². The van der Waals surface area contributed by atoms with Crippen molar-refractivity contribution in [1.82, 2.24) is 4.57 Å². The molecule has 10 heteroatoms. The molecule has 8 nitrogen and oxygen atoms in total. The van der Waals surface area contributed by atoms with Gasteiger partial charge in [-0.3, -0.25) is 9.36 Å². The number of para-hydroxylation sites is 1. The predicted octanol–water partition coefficient (Wildman–Crippen LogP) is 4.92. The molecule has 0 saturated heterocycles. The third kappa shape index (κ3) is 6.24. The molecule has 0 amide bonds. The highest BCUT2D eigenvalue weighted by Crippen LogP contribution is 2.33. The molecule has 4 aromatic rings. The first-order valence-electron chi connectivity index (χ1n) is 13.8. The molecule has 1 aliphatic rings. The van der Waals surface area contributed by atoms with E-state index in [4.69, 9.17) is 18.9 Å². The van der Waals surface area contributed by atoms with Gasteiger partial charge in [-0.1, -0.05) is 47.7 Å². The number of hydrogen-bond acceptors (Lipinski definition) is 8. The van der Waals surface area contributed by atoms with Crippen LogP contribution in [0.15, 0.2) is 87.8 Å². The molecule has 5 rings (SSSR count). The van der Waals surface area contributed by atoms with Crippen LogP contribution in [0.4, 0.5) is 4.39 Å². The Balaban J connectivity index is 1.62. The van der Waals surface area contributed by atoms with Crippen LogP contribution in [-0.2, 0) is 16.1 Å². The molecule has 0 radical (unpaired) electrons. The number of ether oxygens (including phenoxy) is 4. The molecule has 1 atom stereocenters. The van der Waals surface area contributed by atoms with Crippen molar-refractivity contribution in [3.8, 4) is 17.2 Å². The lowest BCUT2D eigenvalue weighted by molar-refractivity contribution is -0.139. The maximum absolute atomic E-state index is 14.1. The smallest absolute Gasteiger partial charge is 0.338 e. The number of fused-ring (bicyclic) bond motifs is 1. The molecular formula is C33H31FN2O6S. The van der Waals surface area contributed by atoms with E-state index in [1.165, 1.54) is 35.1 Å². The van der Waals surface area contributed by atoms with E-state index in [9.17, 15) is 14.0 Å². The van der Waals surface area contributed by atoms with Crippen LogP contribution in [0.3, 0.4) is 0 Å². The van der Waals surface area contributed by atoms with E-state index >= 15 is 0 Å². The second-order valence-electron chi connectivity index (χ2n) is 9.60. The second-order valence-corrected chi connectivity index (χ2v) is 10.6. The summed E-state index contributed by atoms with van der Waals surface area (Å²) in [5.41, 5.74) is 2.58. The summed E-state index contributed by atoms with van der Waals surface area (Å²) < 4.78 is 38.0. The van der Waals surface area contributed by atoms with Gasteiger partial charge in [0.25, 0.3) is 5.56 Å². The van der Waals surface area contributed by atoms with Gasteiger partial charge in [0, 0.05) is 5.56 Å². The Labute approximate surface area is 252 Å². The van der Waals surface area contributed by atoms with Gasteiger partial charge in [-0.2, -0.15) is 0 Å². The maximum Gasteiger partial charge on any atom is 0.338 e. The van der Waals surface area contributed by atoms with Gasteiger partial charge in [-0.25, -0.2) is 14.2 Å². The monoisotopic (exact) mass is 602 g/mol. The Hall–Kier alpha value is -4.70. The first kappa shape index (κ1) is 29.8. The molecular weight excluding hydrogens is 571 g/mol. The highest BCUT2D eigenvalue weighted by molar-refractivity contribution is 7.07. The van der Waals surface area contributed by atoms with Crippen LogP contribution >= 0.6 is 11.3 Å². The molecule has 43 heavy (non-hydrogen) atoms. The normalized spacial score (nSPS) is 14.6. The van der Waals surface area contributed by atoms with E-state index in [2.05, 4.69) is 4.99 Å². The highest BCUT2D eigenvalue weighted by atomic mass is 32.1. The number of thiazole rings is 1. The fraction of sp³-hybridized carbons (Fsp3) is 0.242. The molecule has 0 aliphatic carbocycles. The van der Waals surface area contributed by atoms with E-state index < -0.39 is 12.0 Å². The van der Waals surface area contributed by atoms with Gasteiger partial charge in [0.2, 0.25) is 0 Å². The Morgan fingerprint density at radius 3 is 2.44 bits per heavy atom. The van der Waals surface area contributed by atoms with Gasteiger partial charge in [-0.05, 0) is 68.3 Å². The Bertz CT molecular complexity index is 1840. The summed E-state index contributed by atoms with van der Waals surface area (Å²) >= 11 is 1.21. The fourth-order valence-corrected chi connectivity index (χ4v) is 5.90. The molecule has 1 aliphatic heterocycles. The summed E-state index contributed by atoms with van der Waals surface area (Å²) in [5, 5.41) is 0. The average molecular weight is 603 g/mol. The quantitative estimate of drug-likeness (QED) is 0.240. The number of allylic oxidation sites excluding steroid dienone is 1. The zero-order valence-electron chi connectivity index (χ0n) is 24.3. The van der Waals surface area contributed by atoms with Crippen molar-refractivity contribution >= 4 is 23.4 Å². The topological polar surface area (TPSA) is 88.4 Å². The summed E-state index contributed by atoms with van der Waals surface area (Å²) in [4.78, 5) is 32.3. The number of nitrogens with zero attached hydrogens (tertiary/aromatic N) is 2. The average Bonchev–Trinajstić information content (AvgIpc) is 3.31. The molecule has 0 N–H and O–H groups in total. The summed E-state index contributed by atoms with van der Waals surface area (Å²) in [6.07, 6.45) is 1.73. The molecule has 0 saturated carbocycles. The van der Waals surface area contributed by atoms with Crippen LogP contribution in [0.5, 0.6) is 17.2 Å². The molecule has 1 aromatic heterocycles. The van der Waals surface area contributed by atoms with Gasteiger partial charge in [-0.15, -0.1) is 0 Å². The summed E-state index contributed by atoms with van der Waals surface area (Å²) in [5.74, 6) is 0.745. The SMILES string of the molecule is CCOC(=O)C1=C(C)N=c2s/c(=C\c3cccc(OC)c3OCc3ccc(F)cc3)c(=O)n2[C@H]1c1ccc(OCC)cc1. The third-order valence-electron chi connectivity index (χ3n) is 6.84. The number of esters is 1. The van der Waals surface area contributed by atoms with Gasteiger partial charge in [0.15, 0.2) is 16.3 Å². The number of carbonyl (C=O) groups excluding carboxylic acids is 1. The molecule has 2 heterocycles. The number of carbonyl (C=O) groups is 1. The summed E-state index contributed by atoms with van der Waals surface area (Å²) in [6.45, 7) is 6.25. The van der Waals surface area contributed by atoms with Crippen molar-refractivity contribution < 1.29 is 28.1 Å². The lowest BCUT2D eigenvalue weighted by Crippen LogP contribution is -2.39. The molecule has 0 unspecified atom stereocenters. The summed E-state index contributed by atoms with van der Waals surface area (Å²) in [6, 6.07) is 18.0. The van der Waals surface area contributed by atoms with Gasteiger partial charge >= 0.3 is 5.97 Å². The highest BCUT2D eigenvalue weighted by Gasteiger charge is 2.33. The van der Waals surface area contributed by atoms with E-state index in [-0.39, 0.29) is 24.6 Å². The minimum Gasteiger partial charge on any atom is -0.494 e. The van der Waals surface area contributed by atoms with Crippen molar-refractivity contribution in [3.05, 3.63) is 120 Å². The van der Waals surface area contributed by atoms with E-state index in [1.807, 2.05) is 37.3 Å². The molecule has 222 valence electrons. The Kier molecular flexibility index (Phi) is 9.06. The number of halogens is 1. The van der Waals surface area contributed by atoms with E-state index in [0.29, 0.717) is 50.0 Å². The summed E-state index contributed by atoms with van der Waals surface area (Å²) in [7, 11) is 1.54. The van der Waals surface area contributed by atoms with Crippen molar-refractivity contribution in [3.63, 3.8) is 0 Å². The standard InChI is InChI=1S/C33H31FN2O6S/c1-5-40-25-16-12-22(13-17-25)29-28(32(38)41-6-2)20(3)35-33-36(29)31(37)27(43-33)18-23-8-7-9-26(39-4)30(23)42-19-21-10-14-24(34)15-11-21/h7-18,29H,5-6,19H2,1-4H3/b27-18-/t29-/m0/s1. The lowest BCUT2D eigenvalue weighted by Gasteiger charge is -2.24. The van der Waals surface area contributed by atoms with Crippen LogP contribution in [0.25, 0.3) is 6.08 Å². The van der Waals surface area contributed by atoms with Crippen molar-refractivity contribution in [2.45, 2.75) is 33.4 Å². The minimum absolute atomic E-state index is 0.169. The minimum atomic E-state index is -0.743. The molecule has 3 aromatic carbocycles. The number of methoxy groups -OCH3 is 1. The van der Waals surface area contributed by atoms with E-state index in [1.54, 1.807) is 44.2 Å². The largest absolute Gasteiger partial charge is 0.494 e. The zero-order chi connectivity index (χ0) is 30.5. The number of rotatable bonds is 10. The maximum atomic E-state index is 14.1. The Morgan fingerprint density at radius 1 is 1.02 bits per heavy atom. The lowest BCUT2D eigenvalue weighted by atomic mass is 9.96. The molecule has 0 spiro atoms. The van der Waals surface area contributed by atoms with E-state index in [0.717, 1.165) is 11.1 Å². The first-order chi connectivity index (χ1) is 20.8. The second kappa shape index (κ2) is 13.1. The number of aromatic nitrogens is 1. The molecule has 0 bridgehead atoms. The van der Waals surface area contributed by atoms with Crippen molar-refractivity contribution in [2.24, 2.45) is 4.99 Å². The fourth-order valence-electron chi connectivity index (χ4n) is 4.86.